The van der Waals surface area contributed by atoms with Gasteiger partial charge in [0.25, 0.3) is 0 Å². The van der Waals surface area contributed by atoms with Crippen molar-refractivity contribution in [3.8, 4) is 0 Å². The fourth-order valence-corrected chi connectivity index (χ4v) is 10.6. The Bertz CT molecular complexity index is 1890. The minimum atomic E-state index is -1.98. The molecule has 0 bridgehead atoms. The number of rotatable bonds is 48. The Labute approximate surface area is 514 Å². The van der Waals surface area contributed by atoms with Crippen LogP contribution in [0.2, 0.25) is 0 Å². The lowest BCUT2D eigenvalue weighted by atomic mass is 9.96. The van der Waals surface area contributed by atoms with E-state index in [9.17, 15) is 61.0 Å². The van der Waals surface area contributed by atoms with Gasteiger partial charge in [0.1, 0.15) is 73.2 Å². The van der Waals surface area contributed by atoms with Crippen molar-refractivity contribution in [1.29, 1.82) is 0 Å². The van der Waals surface area contributed by atoms with E-state index in [1.165, 1.54) is 51.4 Å². The number of amides is 1. The van der Waals surface area contributed by atoms with Gasteiger partial charge in [-0.2, -0.15) is 0 Å². The van der Waals surface area contributed by atoms with Crippen LogP contribution in [-0.4, -0.2) is 193 Å². The molecule has 0 aromatic heterocycles. The Morgan fingerprint density at radius 3 is 1.26 bits per heavy atom. The number of hydrogen-bond acceptors (Lipinski definition) is 18. The predicted octanol–water partition coefficient (Wildman–Crippen LogP) is 7.54. The highest BCUT2D eigenvalue weighted by Gasteiger charge is 2.53. The van der Waals surface area contributed by atoms with Crippen LogP contribution in [0.5, 0.6) is 0 Å². The van der Waals surface area contributed by atoms with Crippen molar-refractivity contribution >= 4 is 5.91 Å². The third-order valence-corrected chi connectivity index (χ3v) is 16.0. The summed E-state index contributed by atoms with van der Waals surface area (Å²) in [7, 11) is 0. The monoisotopic (exact) mass is 1220 g/mol. The number of nitrogens with one attached hydrogen (secondary N) is 1. The summed E-state index contributed by atoms with van der Waals surface area (Å²) in [5.41, 5.74) is 0. The van der Waals surface area contributed by atoms with Crippen molar-refractivity contribution in [2.24, 2.45) is 0 Å². The van der Waals surface area contributed by atoms with Crippen LogP contribution in [0.25, 0.3) is 0 Å². The number of allylic oxidation sites excluding steroid dienone is 14. The predicted molar refractivity (Wildman–Crippen MR) is 332 cm³/mol. The number of aliphatic hydroxyl groups excluding tert-OH is 11. The van der Waals surface area contributed by atoms with Crippen molar-refractivity contribution in [2.75, 3.05) is 26.4 Å². The average molecular weight is 1220 g/mol. The van der Waals surface area contributed by atoms with Crippen molar-refractivity contribution in [3.05, 3.63) is 85.1 Å². The molecule has 3 aliphatic heterocycles. The van der Waals surface area contributed by atoms with E-state index in [2.05, 4.69) is 104 Å². The maximum absolute atomic E-state index is 13.4. The van der Waals surface area contributed by atoms with Crippen LogP contribution in [0.3, 0.4) is 0 Å². The second kappa shape index (κ2) is 48.8. The second-order valence-corrected chi connectivity index (χ2v) is 23.2. The van der Waals surface area contributed by atoms with Crippen LogP contribution >= 0.6 is 0 Å². The SMILES string of the molecule is CC/C=C\C/C=C\C/C=C\C/C=C\C/C=C\C/C=C\C/C=C\CCCCCCCCCC(=O)NC(COC1OC(CO)C(OC2OC(CO)C(OC3OC(CO)C(O)C(O)C3O)C(O)C2O)C(O)C1O)C(O)CCCCCCCCCCCCCC. The molecule has 3 rings (SSSR count). The first kappa shape index (κ1) is 77.2. The lowest BCUT2D eigenvalue weighted by molar-refractivity contribution is -0.379. The molecule has 19 nitrogen and oxygen atoms in total. The number of unbranched alkanes of at least 4 members (excludes halogenated alkanes) is 18. The second-order valence-electron chi connectivity index (χ2n) is 23.2. The van der Waals surface area contributed by atoms with Gasteiger partial charge < -0.3 is 89.9 Å². The molecule has 3 saturated heterocycles. The maximum Gasteiger partial charge on any atom is 0.220 e. The molecule has 496 valence electrons. The van der Waals surface area contributed by atoms with Gasteiger partial charge in [-0.15, -0.1) is 0 Å². The highest BCUT2D eigenvalue weighted by molar-refractivity contribution is 5.76. The largest absolute Gasteiger partial charge is 0.394 e. The standard InChI is InChI=1S/C67H115NO18/c1-3-5-7-9-11-13-15-17-18-19-20-21-22-23-24-25-26-27-28-29-30-31-32-33-35-37-39-41-43-45-55(73)68-50(51(72)44-42-40-38-36-34-16-14-12-10-8-6-4-2)49-81-65-61(79)58(76)63(53(47-70)83-65)86-67-62(80)59(77)64(54(48-71)84-67)85-66-60(78)57(75)56(74)52(46-69)82-66/h5,7,11,13,17-18,20-21,23-24,26-27,29-30,50-54,56-67,69-72,74-80H,3-4,6,8-10,12,14-16,19,22,25,28,31-49H2,1-2H3,(H,68,73)/b7-5-,13-11-,18-17-,21-20-,24-23-,27-26-,30-29-. The summed E-state index contributed by atoms with van der Waals surface area (Å²) in [5.74, 6) is -0.259. The lowest BCUT2D eigenvalue weighted by Crippen LogP contribution is -2.66. The lowest BCUT2D eigenvalue weighted by Gasteiger charge is -2.48. The summed E-state index contributed by atoms with van der Waals surface area (Å²) < 4.78 is 34.3. The van der Waals surface area contributed by atoms with E-state index >= 15 is 0 Å². The van der Waals surface area contributed by atoms with E-state index in [0.29, 0.717) is 12.8 Å². The number of ether oxygens (including phenoxy) is 6. The topological polar surface area (TPSA) is 307 Å². The van der Waals surface area contributed by atoms with Crippen molar-refractivity contribution < 1.29 is 89.4 Å². The zero-order chi connectivity index (χ0) is 62.6. The molecular formula is C67H115NO18. The van der Waals surface area contributed by atoms with Crippen LogP contribution in [0, 0.1) is 0 Å². The fourth-order valence-electron chi connectivity index (χ4n) is 10.6. The summed E-state index contributed by atoms with van der Waals surface area (Å²) >= 11 is 0. The van der Waals surface area contributed by atoms with Gasteiger partial charge in [0.05, 0.1) is 38.6 Å². The third-order valence-electron chi connectivity index (χ3n) is 16.0. The van der Waals surface area contributed by atoms with E-state index in [1.807, 2.05) is 0 Å². The molecule has 12 N–H and O–H groups in total. The average Bonchev–Trinajstić information content (AvgIpc) is 2.62. The van der Waals surface area contributed by atoms with Crippen LogP contribution in [0.1, 0.15) is 200 Å². The van der Waals surface area contributed by atoms with Crippen LogP contribution in [0.15, 0.2) is 85.1 Å². The van der Waals surface area contributed by atoms with Gasteiger partial charge in [-0.1, -0.05) is 208 Å². The van der Waals surface area contributed by atoms with Crippen molar-refractivity contribution in [2.45, 2.75) is 304 Å². The molecular weight excluding hydrogens is 1110 g/mol. The smallest absolute Gasteiger partial charge is 0.220 e. The van der Waals surface area contributed by atoms with Gasteiger partial charge >= 0.3 is 0 Å². The summed E-state index contributed by atoms with van der Waals surface area (Å²) in [6.45, 7) is 1.64. The van der Waals surface area contributed by atoms with Gasteiger partial charge in [0.15, 0.2) is 18.9 Å². The molecule has 3 fully saturated rings. The molecule has 19 heteroatoms. The summed E-state index contributed by atoms with van der Waals surface area (Å²) in [4.78, 5) is 13.4. The van der Waals surface area contributed by atoms with Gasteiger partial charge in [0, 0.05) is 6.42 Å². The molecule has 3 heterocycles. The molecule has 86 heavy (non-hydrogen) atoms. The summed E-state index contributed by atoms with van der Waals surface area (Å²) in [5, 5.41) is 120. The molecule has 0 spiro atoms. The first-order valence-electron chi connectivity index (χ1n) is 32.8. The highest BCUT2D eigenvalue weighted by atomic mass is 16.8. The van der Waals surface area contributed by atoms with Crippen LogP contribution < -0.4 is 5.32 Å². The molecule has 0 aromatic rings. The Hall–Kier alpha value is -3.03. The zero-order valence-corrected chi connectivity index (χ0v) is 52.0. The molecule has 0 aliphatic carbocycles. The highest BCUT2D eigenvalue weighted by Crippen LogP contribution is 2.33. The van der Waals surface area contributed by atoms with Crippen molar-refractivity contribution in [1.82, 2.24) is 5.32 Å². The molecule has 17 unspecified atom stereocenters. The van der Waals surface area contributed by atoms with E-state index in [0.717, 1.165) is 116 Å². The summed E-state index contributed by atoms with van der Waals surface area (Å²) in [6, 6.07) is -0.898. The molecule has 0 radical (unpaired) electrons. The molecule has 0 saturated carbocycles. The minimum Gasteiger partial charge on any atom is -0.394 e. The Morgan fingerprint density at radius 2 is 0.802 bits per heavy atom. The minimum absolute atomic E-state index is 0.248. The van der Waals surface area contributed by atoms with Crippen LogP contribution in [-0.2, 0) is 33.2 Å². The maximum atomic E-state index is 13.4. The zero-order valence-electron chi connectivity index (χ0n) is 52.0. The number of hydrogen-bond donors (Lipinski definition) is 12. The van der Waals surface area contributed by atoms with Crippen molar-refractivity contribution in [3.63, 3.8) is 0 Å². The van der Waals surface area contributed by atoms with Crippen LogP contribution in [0.4, 0.5) is 0 Å². The quantitative estimate of drug-likeness (QED) is 0.0207. The summed E-state index contributed by atoms with van der Waals surface area (Å²) in [6.07, 6.45) is 33.8. The number of carbonyl (C=O) groups excluding carboxylic acids is 1. The van der Waals surface area contributed by atoms with Gasteiger partial charge in [-0.3, -0.25) is 4.79 Å². The Kier molecular flexibility index (Phi) is 43.8. The van der Waals surface area contributed by atoms with E-state index in [-0.39, 0.29) is 18.9 Å². The number of aliphatic hydroxyl groups is 11. The van der Waals surface area contributed by atoms with E-state index in [1.54, 1.807) is 0 Å². The third kappa shape index (κ3) is 31.1. The first-order valence-corrected chi connectivity index (χ1v) is 32.8. The molecule has 3 aliphatic rings. The Balaban J connectivity index is 1.41. The number of carbonyl (C=O) groups is 1. The fraction of sp³-hybridized carbons (Fsp3) is 0.776. The first-order chi connectivity index (χ1) is 41.8. The van der Waals surface area contributed by atoms with E-state index < -0.39 is 124 Å². The van der Waals surface area contributed by atoms with Gasteiger partial charge in [-0.25, -0.2) is 0 Å². The molecule has 1 amide bonds. The van der Waals surface area contributed by atoms with Gasteiger partial charge in [-0.05, 0) is 70.6 Å². The normalized spacial score (nSPS) is 29.3. The Morgan fingerprint density at radius 1 is 0.430 bits per heavy atom. The van der Waals surface area contributed by atoms with Gasteiger partial charge in [0.2, 0.25) is 5.91 Å². The molecule has 0 aromatic carbocycles. The molecule has 17 atom stereocenters. The van der Waals surface area contributed by atoms with E-state index in [4.69, 9.17) is 28.4 Å².